The van der Waals surface area contributed by atoms with Crippen LogP contribution in [0, 0.1) is 0 Å². The molecule has 1 atom stereocenters. The second-order valence-electron chi connectivity index (χ2n) is 4.41. The van der Waals surface area contributed by atoms with Crippen molar-refractivity contribution in [2.75, 3.05) is 5.32 Å². The van der Waals surface area contributed by atoms with E-state index in [1.165, 1.54) is 0 Å². The van der Waals surface area contributed by atoms with Crippen molar-refractivity contribution in [1.82, 2.24) is 0 Å². The maximum absolute atomic E-state index is 12.0. The fraction of sp³-hybridized carbons (Fsp3) is 0.133. The van der Waals surface area contributed by atoms with E-state index in [0.717, 1.165) is 16.1 Å². The summed E-state index contributed by atoms with van der Waals surface area (Å²) in [5, 5.41) is 3.75. The summed E-state index contributed by atoms with van der Waals surface area (Å²) in [6.07, 6.45) is 0.458. The molecule has 104 valence electrons. The number of fused-ring (bicyclic) bond motifs is 1. The number of amides is 1. The zero-order chi connectivity index (χ0) is 13.2. The Morgan fingerprint density at radius 3 is 2.75 bits per heavy atom. The summed E-state index contributed by atoms with van der Waals surface area (Å²) in [5.41, 5.74) is 1.98. The Hall–Kier alpha value is -0.970. The highest BCUT2D eigenvalue weighted by atomic mass is 79.9. The predicted octanol–water partition coefficient (Wildman–Crippen LogP) is 5.09. The van der Waals surface area contributed by atoms with Gasteiger partial charge < -0.3 is 5.32 Å². The number of anilines is 1. The number of benzene rings is 2. The van der Waals surface area contributed by atoms with Crippen molar-refractivity contribution in [1.29, 1.82) is 0 Å². The number of carbonyl (C=O) groups is 1. The third kappa shape index (κ3) is 3.37. The molecule has 1 heterocycles. The van der Waals surface area contributed by atoms with E-state index in [4.69, 9.17) is 11.6 Å². The Labute approximate surface area is 137 Å². The summed E-state index contributed by atoms with van der Waals surface area (Å²) >= 11 is 7.73. The quantitative estimate of drug-likeness (QED) is 0.757. The molecule has 0 aromatic heterocycles. The smallest absolute Gasteiger partial charge is 0.225 e. The van der Waals surface area contributed by atoms with Crippen molar-refractivity contribution in [3.05, 3.63) is 59.1 Å². The summed E-state index contributed by atoms with van der Waals surface area (Å²) in [7, 11) is 0. The molecule has 1 aliphatic rings. The van der Waals surface area contributed by atoms with E-state index in [2.05, 4.69) is 5.32 Å². The predicted molar refractivity (Wildman–Crippen MR) is 90.1 cm³/mol. The van der Waals surface area contributed by atoms with Gasteiger partial charge in [0.25, 0.3) is 0 Å². The number of halogens is 2. The Morgan fingerprint density at radius 1 is 1.15 bits per heavy atom. The zero-order valence-electron chi connectivity index (χ0n) is 10.5. The molecule has 0 saturated heterocycles. The molecule has 2 aromatic rings. The summed E-state index contributed by atoms with van der Waals surface area (Å²) in [6.45, 7) is 0. The number of carbonyl (C=O) groups excluding carboxylic acids is 1. The van der Waals surface area contributed by atoms with Gasteiger partial charge in [-0.15, -0.1) is 28.7 Å². The van der Waals surface area contributed by atoms with Gasteiger partial charge in [-0.1, -0.05) is 35.9 Å². The molecular weight excluding hydrogens is 358 g/mol. The first kappa shape index (κ1) is 15.4. The van der Waals surface area contributed by atoms with Crippen LogP contribution in [0.4, 0.5) is 5.69 Å². The lowest BCUT2D eigenvalue weighted by atomic mass is 10.1. The van der Waals surface area contributed by atoms with Gasteiger partial charge in [0.05, 0.1) is 5.69 Å². The van der Waals surface area contributed by atoms with Crippen LogP contribution in [0.1, 0.15) is 17.2 Å². The third-order valence-electron chi connectivity index (χ3n) is 3.02. The fourth-order valence-electron chi connectivity index (χ4n) is 2.13. The van der Waals surface area contributed by atoms with Crippen molar-refractivity contribution >= 4 is 51.9 Å². The highest BCUT2D eigenvalue weighted by Crippen LogP contribution is 2.43. The molecule has 20 heavy (non-hydrogen) atoms. The van der Waals surface area contributed by atoms with Gasteiger partial charge in [0.2, 0.25) is 5.91 Å². The van der Waals surface area contributed by atoms with Gasteiger partial charge in [0.1, 0.15) is 0 Å². The molecule has 0 saturated carbocycles. The van der Waals surface area contributed by atoms with E-state index in [-0.39, 0.29) is 28.1 Å². The first-order valence-corrected chi connectivity index (χ1v) is 7.29. The Bertz CT molecular complexity index is 635. The van der Waals surface area contributed by atoms with Gasteiger partial charge in [-0.25, -0.2) is 0 Å². The van der Waals surface area contributed by atoms with E-state index in [1.807, 2.05) is 48.5 Å². The lowest BCUT2D eigenvalue weighted by Gasteiger charge is -2.13. The number of hydrogen-bond donors (Lipinski definition) is 1. The van der Waals surface area contributed by atoms with E-state index >= 15 is 0 Å². The second-order valence-corrected chi connectivity index (χ2v) is 6.09. The molecule has 1 unspecified atom stereocenters. The topological polar surface area (TPSA) is 29.1 Å². The molecule has 0 bridgehead atoms. The molecular formula is C15H13BrClNOS. The summed E-state index contributed by atoms with van der Waals surface area (Å²) in [5.74, 6) is 0.0439. The van der Waals surface area contributed by atoms with Crippen LogP contribution >= 0.6 is 40.3 Å². The first-order valence-electron chi connectivity index (χ1n) is 6.03. The Balaban J connectivity index is 0.00000147. The monoisotopic (exact) mass is 369 g/mol. The van der Waals surface area contributed by atoms with Crippen molar-refractivity contribution in [2.24, 2.45) is 0 Å². The molecule has 1 N–H and O–H groups in total. The van der Waals surface area contributed by atoms with Crippen molar-refractivity contribution in [3.63, 3.8) is 0 Å². The Morgan fingerprint density at radius 2 is 1.95 bits per heavy atom. The molecule has 2 aromatic carbocycles. The SMILES string of the molecule is Br.O=C1CC(c2cccc(Cl)c2)Sc2ccccc2N1. The van der Waals surface area contributed by atoms with Gasteiger partial charge in [-0.2, -0.15) is 0 Å². The minimum Gasteiger partial charge on any atom is -0.325 e. The van der Waals surface area contributed by atoms with Gasteiger partial charge >= 0.3 is 0 Å². The van der Waals surface area contributed by atoms with Crippen molar-refractivity contribution in [3.8, 4) is 0 Å². The van der Waals surface area contributed by atoms with Crippen LogP contribution in [-0.2, 0) is 4.79 Å². The van der Waals surface area contributed by atoms with Crippen LogP contribution in [0.25, 0.3) is 0 Å². The van der Waals surface area contributed by atoms with E-state index in [9.17, 15) is 4.79 Å². The molecule has 0 aliphatic carbocycles. The minimum atomic E-state index is 0. The van der Waals surface area contributed by atoms with Gasteiger partial charge in [0, 0.05) is 21.6 Å². The van der Waals surface area contributed by atoms with Gasteiger partial charge in [0.15, 0.2) is 0 Å². The Kier molecular flexibility index (Phi) is 5.13. The average Bonchev–Trinajstić information content (AvgIpc) is 2.56. The molecule has 1 aliphatic heterocycles. The second kappa shape index (κ2) is 6.66. The summed E-state index contributed by atoms with van der Waals surface area (Å²) in [6, 6.07) is 15.6. The van der Waals surface area contributed by atoms with E-state index < -0.39 is 0 Å². The number of nitrogens with one attached hydrogen (secondary N) is 1. The van der Waals surface area contributed by atoms with Crippen LogP contribution in [0.3, 0.4) is 0 Å². The van der Waals surface area contributed by atoms with Crippen LogP contribution < -0.4 is 5.32 Å². The lowest BCUT2D eigenvalue weighted by molar-refractivity contribution is -0.116. The minimum absolute atomic E-state index is 0. The van der Waals surface area contributed by atoms with Gasteiger partial charge in [-0.3, -0.25) is 4.79 Å². The van der Waals surface area contributed by atoms with E-state index in [1.54, 1.807) is 11.8 Å². The first-order chi connectivity index (χ1) is 9.22. The largest absolute Gasteiger partial charge is 0.325 e. The van der Waals surface area contributed by atoms with Crippen LogP contribution in [0.15, 0.2) is 53.4 Å². The molecule has 0 radical (unpaired) electrons. The van der Waals surface area contributed by atoms with Crippen LogP contribution in [0.2, 0.25) is 5.02 Å². The number of para-hydroxylation sites is 1. The van der Waals surface area contributed by atoms with Crippen molar-refractivity contribution < 1.29 is 4.79 Å². The van der Waals surface area contributed by atoms with Crippen LogP contribution in [-0.4, -0.2) is 5.91 Å². The summed E-state index contributed by atoms with van der Waals surface area (Å²) < 4.78 is 0. The van der Waals surface area contributed by atoms with Gasteiger partial charge in [-0.05, 0) is 29.8 Å². The fourth-order valence-corrected chi connectivity index (χ4v) is 3.56. The maximum Gasteiger partial charge on any atom is 0.225 e. The highest BCUT2D eigenvalue weighted by Gasteiger charge is 2.23. The highest BCUT2D eigenvalue weighted by molar-refractivity contribution is 8.93. The molecule has 5 heteroatoms. The molecule has 2 nitrogen and oxygen atoms in total. The third-order valence-corrected chi connectivity index (χ3v) is 4.59. The summed E-state index contributed by atoms with van der Waals surface area (Å²) in [4.78, 5) is 13.1. The van der Waals surface area contributed by atoms with Crippen molar-refractivity contribution in [2.45, 2.75) is 16.6 Å². The lowest BCUT2D eigenvalue weighted by Crippen LogP contribution is -2.11. The standard InChI is InChI=1S/C15H12ClNOS.BrH/c16-11-5-3-4-10(8-11)14-9-15(18)17-12-6-1-2-7-13(12)19-14;/h1-8,14H,9H2,(H,17,18);1H. The van der Waals surface area contributed by atoms with Crippen LogP contribution in [0.5, 0.6) is 0 Å². The normalized spacial score (nSPS) is 17.4. The average molecular weight is 371 g/mol. The maximum atomic E-state index is 12.0. The molecule has 3 rings (SSSR count). The zero-order valence-corrected chi connectivity index (χ0v) is 13.8. The molecule has 1 amide bonds. The number of hydrogen-bond acceptors (Lipinski definition) is 2. The van der Waals surface area contributed by atoms with E-state index in [0.29, 0.717) is 11.4 Å². The molecule has 0 spiro atoms. The molecule has 0 fully saturated rings. The number of rotatable bonds is 1. The number of thioether (sulfide) groups is 1.